The van der Waals surface area contributed by atoms with E-state index in [0.717, 1.165) is 0 Å². The average molecular weight is 316 g/mol. The maximum Gasteiger partial charge on any atom is 0.411 e. The Balaban J connectivity index is 2.49. The number of hydrogen-bond donors (Lipinski definition) is 2. The largest absolute Gasteiger partial charge is 0.411 e. The Morgan fingerprint density at radius 2 is 2.10 bits per heavy atom. The van der Waals surface area contributed by atoms with Crippen molar-refractivity contribution in [1.29, 1.82) is 0 Å². The third-order valence-corrected chi connectivity index (χ3v) is 3.79. The average Bonchev–Trinajstić information content (AvgIpc) is 2.69. The van der Waals surface area contributed by atoms with Gasteiger partial charge in [0.2, 0.25) is 10.0 Å². The molecule has 0 bridgehead atoms. The lowest BCUT2D eigenvalue weighted by atomic mass is 10.5. The lowest BCUT2D eigenvalue weighted by Gasteiger charge is -2.08. The number of hydrogen-bond acceptors (Lipinski definition) is 4. The van der Waals surface area contributed by atoms with Gasteiger partial charge in [0.15, 0.2) is 0 Å². The van der Waals surface area contributed by atoms with Gasteiger partial charge in [0.1, 0.15) is 6.61 Å². The maximum absolute atomic E-state index is 11.8. The van der Waals surface area contributed by atoms with Crippen LogP contribution in [0.25, 0.3) is 0 Å². The normalized spacial score (nSPS) is 12.8. The van der Waals surface area contributed by atoms with E-state index in [9.17, 15) is 21.6 Å². The summed E-state index contributed by atoms with van der Waals surface area (Å²) in [6, 6.07) is 1.28. The highest BCUT2D eigenvalue weighted by atomic mass is 32.2. The van der Waals surface area contributed by atoms with Crippen molar-refractivity contribution >= 4 is 10.0 Å². The highest BCUT2D eigenvalue weighted by Gasteiger charge is 2.27. The SMILES string of the molecule is Cn1cc(S(=O)(=O)NCCOCC(F)(F)F)cc1CO. The first-order chi connectivity index (χ1) is 9.15. The van der Waals surface area contributed by atoms with Gasteiger partial charge in [-0.25, -0.2) is 13.1 Å². The number of aryl methyl sites for hydroxylation is 1. The van der Waals surface area contributed by atoms with Crippen LogP contribution in [0.2, 0.25) is 0 Å². The number of alkyl halides is 3. The molecule has 2 N–H and O–H groups in total. The van der Waals surface area contributed by atoms with Crippen molar-refractivity contribution in [2.45, 2.75) is 17.7 Å². The summed E-state index contributed by atoms with van der Waals surface area (Å²) < 4.78 is 66.7. The third-order valence-electron chi connectivity index (χ3n) is 2.36. The Bertz CT molecular complexity index is 539. The van der Waals surface area contributed by atoms with Crippen molar-refractivity contribution in [1.82, 2.24) is 9.29 Å². The number of aliphatic hydroxyl groups is 1. The zero-order valence-corrected chi connectivity index (χ0v) is 11.5. The fraction of sp³-hybridized carbons (Fsp3) is 0.600. The predicted molar refractivity (Wildman–Crippen MR) is 63.4 cm³/mol. The fourth-order valence-corrected chi connectivity index (χ4v) is 2.51. The molecule has 0 amide bonds. The highest BCUT2D eigenvalue weighted by Crippen LogP contribution is 2.15. The van der Waals surface area contributed by atoms with E-state index >= 15 is 0 Å². The molecule has 0 aromatic carbocycles. The number of nitrogens with zero attached hydrogens (tertiary/aromatic N) is 1. The standard InChI is InChI=1S/C10H15F3N2O4S/c1-15-5-9(4-8(15)6-16)20(17,18)14-2-3-19-7-10(11,12)13/h4-5,14,16H,2-3,6-7H2,1H3. The van der Waals surface area contributed by atoms with Crippen molar-refractivity contribution in [2.75, 3.05) is 19.8 Å². The molecule has 0 atom stereocenters. The van der Waals surface area contributed by atoms with E-state index in [-0.39, 0.29) is 18.0 Å². The second kappa shape index (κ2) is 6.57. The van der Waals surface area contributed by atoms with Gasteiger partial charge < -0.3 is 14.4 Å². The van der Waals surface area contributed by atoms with Crippen LogP contribution in [0.15, 0.2) is 17.2 Å². The van der Waals surface area contributed by atoms with Gasteiger partial charge in [-0.2, -0.15) is 13.2 Å². The number of aliphatic hydroxyl groups excluding tert-OH is 1. The van der Waals surface area contributed by atoms with Gasteiger partial charge in [-0.05, 0) is 6.07 Å². The van der Waals surface area contributed by atoms with Gasteiger partial charge in [0.25, 0.3) is 0 Å². The van der Waals surface area contributed by atoms with Crippen LogP contribution in [0.3, 0.4) is 0 Å². The summed E-state index contributed by atoms with van der Waals surface area (Å²) in [5, 5.41) is 8.96. The fourth-order valence-electron chi connectivity index (χ4n) is 1.40. The van der Waals surface area contributed by atoms with E-state index in [1.807, 2.05) is 0 Å². The van der Waals surface area contributed by atoms with E-state index in [0.29, 0.717) is 5.69 Å². The van der Waals surface area contributed by atoms with Gasteiger partial charge in [0, 0.05) is 25.5 Å². The number of halogens is 3. The molecule has 0 saturated heterocycles. The molecule has 0 saturated carbocycles. The van der Waals surface area contributed by atoms with Crippen LogP contribution in [0, 0.1) is 0 Å². The van der Waals surface area contributed by atoms with Gasteiger partial charge in [-0.3, -0.25) is 0 Å². The number of sulfonamides is 1. The van der Waals surface area contributed by atoms with Gasteiger partial charge >= 0.3 is 6.18 Å². The molecule has 0 fully saturated rings. The Morgan fingerprint density at radius 1 is 1.45 bits per heavy atom. The Morgan fingerprint density at radius 3 is 2.60 bits per heavy atom. The minimum absolute atomic E-state index is 0.0696. The molecule has 0 aliphatic carbocycles. The molecule has 1 rings (SSSR count). The van der Waals surface area contributed by atoms with Crippen molar-refractivity contribution in [2.24, 2.45) is 7.05 Å². The number of nitrogens with one attached hydrogen (secondary N) is 1. The quantitative estimate of drug-likeness (QED) is 0.713. The van der Waals surface area contributed by atoms with Crippen LogP contribution in [0.4, 0.5) is 13.2 Å². The summed E-state index contributed by atoms with van der Waals surface area (Å²) in [6.45, 7) is -2.41. The van der Waals surface area contributed by atoms with Crippen LogP contribution in [-0.4, -0.2) is 44.0 Å². The minimum atomic E-state index is -4.44. The lowest BCUT2D eigenvalue weighted by Crippen LogP contribution is -2.28. The Hall–Kier alpha value is -1.10. The van der Waals surface area contributed by atoms with E-state index < -0.39 is 29.4 Å². The molecule has 1 heterocycles. The molecular weight excluding hydrogens is 301 g/mol. The molecular formula is C10H15F3N2O4S. The van der Waals surface area contributed by atoms with Crippen LogP contribution in [0.5, 0.6) is 0 Å². The molecule has 6 nitrogen and oxygen atoms in total. The number of ether oxygens (including phenoxy) is 1. The molecule has 1 aromatic rings. The summed E-state index contributed by atoms with van der Waals surface area (Å²) in [6.07, 6.45) is -3.14. The van der Waals surface area contributed by atoms with Crippen LogP contribution in [0.1, 0.15) is 5.69 Å². The first-order valence-corrected chi connectivity index (χ1v) is 7.04. The summed E-state index contributed by atoms with van der Waals surface area (Å²) in [5.41, 5.74) is 0.402. The van der Waals surface area contributed by atoms with Crippen LogP contribution in [-0.2, 0) is 28.4 Å². The molecule has 10 heteroatoms. The van der Waals surface area contributed by atoms with E-state index in [1.54, 1.807) is 7.05 Å². The molecule has 0 aliphatic rings. The smallest absolute Gasteiger partial charge is 0.390 e. The monoisotopic (exact) mass is 316 g/mol. The summed E-state index contributed by atoms with van der Waals surface area (Å²) in [4.78, 5) is -0.0696. The Labute approximate surface area is 114 Å². The topological polar surface area (TPSA) is 80.6 Å². The minimum Gasteiger partial charge on any atom is -0.390 e. The molecule has 0 unspecified atom stereocenters. The van der Waals surface area contributed by atoms with E-state index in [1.165, 1.54) is 16.8 Å². The molecule has 20 heavy (non-hydrogen) atoms. The van der Waals surface area contributed by atoms with Crippen molar-refractivity contribution < 1.29 is 31.4 Å². The molecule has 1 aromatic heterocycles. The number of rotatable bonds is 7. The van der Waals surface area contributed by atoms with Gasteiger partial charge in [-0.1, -0.05) is 0 Å². The molecule has 0 radical (unpaired) electrons. The first-order valence-electron chi connectivity index (χ1n) is 5.56. The van der Waals surface area contributed by atoms with Gasteiger partial charge in [-0.15, -0.1) is 0 Å². The zero-order chi connectivity index (χ0) is 15.4. The second-order valence-corrected chi connectivity index (χ2v) is 5.77. The van der Waals surface area contributed by atoms with Crippen LogP contribution >= 0.6 is 0 Å². The van der Waals surface area contributed by atoms with Gasteiger partial charge in [0.05, 0.1) is 18.1 Å². The third kappa shape index (κ3) is 5.12. The molecule has 0 spiro atoms. The lowest BCUT2D eigenvalue weighted by molar-refractivity contribution is -0.173. The van der Waals surface area contributed by atoms with Crippen molar-refractivity contribution in [3.8, 4) is 0 Å². The summed E-state index contributed by atoms with van der Waals surface area (Å²) in [5.74, 6) is 0. The predicted octanol–water partition coefficient (Wildman–Crippen LogP) is 0.375. The molecule has 116 valence electrons. The maximum atomic E-state index is 11.8. The van der Waals surface area contributed by atoms with Crippen molar-refractivity contribution in [3.63, 3.8) is 0 Å². The Kier molecular flexibility index (Phi) is 5.57. The number of aromatic nitrogens is 1. The zero-order valence-electron chi connectivity index (χ0n) is 10.6. The summed E-state index contributed by atoms with van der Waals surface area (Å²) in [7, 11) is -2.26. The van der Waals surface area contributed by atoms with Crippen molar-refractivity contribution in [3.05, 3.63) is 18.0 Å². The van der Waals surface area contributed by atoms with Crippen LogP contribution < -0.4 is 4.72 Å². The second-order valence-electron chi connectivity index (χ2n) is 4.00. The highest BCUT2D eigenvalue weighted by molar-refractivity contribution is 7.89. The summed E-state index contributed by atoms with van der Waals surface area (Å²) >= 11 is 0. The first kappa shape index (κ1) is 17.0. The van der Waals surface area contributed by atoms with E-state index in [2.05, 4.69) is 9.46 Å². The van der Waals surface area contributed by atoms with E-state index in [4.69, 9.17) is 5.11 Å². The molecule has 0 aliphatic heterocycles.